The Hall–Kier alpha value is -2.51. The number of aryl methyl sites for hydroxylation is 2. The van der Waals surface area contributed by atoms with Crippen molar-refractivity contribution in [3.63, 3.8) is 0 Å². The molecule has 0 amide bonds. The van der Waals surface area contributed by atoms with Gasteiger partial charge in [0.25, 0.3) is 0 Å². The van der Waals surface area contributed by atoms with Gasteiger partial charge in [0.05, 0.1) is 13.7 Å². The van der Waals surface area contributed by atoms with Crippen molar-refractivity contribution in [1.29, 1.82) is 0 Å². The number of aromatic amines is 1. The molecule has 8 heteroatoms. The predicted octanol–water partition coefficient (Wildman–Crippen LogP) is 4.54. The lowest BCUT2D eigenvalue weighted by Gasteiger charge is -2.15. The Bertz CT molecular complexity index is 982. The molecule has 0 fully saturated rings. The lowest BCUT2D eigenvalue weighted by Crippen LogP contribution is -2.16. The van der Waals surface area contributed by atoms with Crippen LogP contribution in [0.4, 0.5) is 0 Å². The molecule has 1 heterocycles. The molecule has 0 spiro atoms. The van der Waals surface area contributed by atoms with Crippen molar-refractivity contribution >= 4 is 23.8 Å². The number of rotatable bonds is 7. The third kappa shape index (κ3) is 4.61. The molecule has 0 saturated heterocycles. The van der Waals surface area contributed by atoms with E-state index in [1.165, 1.54) is 5.56 Å². The van der Waals surface area contributed by atoms with Crippen molar-refractivity contribution in [2.24, 2.45) is 0 Å². The van der Waals surface area contributed by atoms with Crippen LogP contribution in [0.3, 0.4) is 0 Å². The highest BCUT2D eigenvalue weighted by atomic mass is 35.5. The standard InChI is InChI=1S/C19H21ClN4O2S/c1-12-4-6-14(7-5-12)11-26-18-9-16(20)15(8-17(18)25-3)10-21-24-13(2)22-23-19(24)27/h4-9,21H,10-11H2,1-3H3,(H,23,27). The zero-order valence-corrected chi connectivity index (χ0v) is 16.9. The highest BCUT2D eigenvalue weighted by Gasteiger charge is 2.12. The molecule has 0 radical (unpaired) electrons. The summed E-state index contributed by atoms with van der Waals surface area (Å²) < 4.78 is 13.6. The zero-order valence-electron chi connectivity index (χ0n) is 15.4. The van der Waals surface area contributed by atoms with Crippen molar-refractivity contribution in [2.75, 3.05) is 12.5 Å². The van der Waals surface area contributed by atoms with Gasteiger partial charge in [-0.25, -0.2) is 4.68 Å². The number of hydrogen-bond acceptors (Lipinski definition) is 5. The predicted molar refractivity (Wildman–Crippen MR) is 109 cm³/mol. The smallest absolute Gasteiger partial charge is 0.214 e. The van der Waals surface area contributed by atoms with Crippen LogP contribution >= 0.6 is 23.8 Å². The molecule has 0 atom stereocenters. The zero-order chi connectivity index (χ0) is 19.4. The van der Waals surface area contributed by atoms with Gasteiger partial charge in [-0.05, 0) is 43.3 Å². The number of aromatic nitrogens is 3. The minimum absolute atomic E-state index is 0.438. The summed E-state index contributed by atoms with van der Waals surface area (Å²) in [6.45, 7) is 4.80. The van der Waals surface area contributed by atoms with Gasteiger partial charge in [-0.2, -0.15) is 5.10 Å². The Balaban J connectivity index is 1.74. The largest absolute Gasteiger partial charge is 0.493 e. The summed E-state index contributed by atoms with van der Waals surface area (Å²) in [5.41, 5.74) is 6.34. The van der Waals surface area contributed by atoms with E-state index >= 15 is 0 Å². The molecule has 3 rings (SSSR count). The number of ether oxygens (including phenoxy) is 2. The van der Waals surface area contributed by atoms with Crippen LogP contribution in [0.2, 0.25) is 5.02 Å². The third-order valence-electron chi connectivity index (χ3n) is 4.12. The van der Waals surface area contributed by atoms with Gasteiger partial charge in [-0.15, -0.1) is 0 Å². The topological polar surface area (TPSA) is 64.1 Å². The second-order valence-corrected chi connectivity index (χ2v) is 6.91. The number of hydrogen-bond donors (Lipinski definition) is 2. The molecule has 3 aromatic rings. The fourth-order valence-electron chi connectivity index (χ4n) is 2.56. The number of methoxy groups -OCH3 is 1. The second kappa shape index (κ2) is 8.45. The summed E-state index contributed by atoms with van der Waals surface area (Å²) >= 11 is 11.6. The lowest BCUT2D eigenvalue weighted by atomic mass is 10.1. The molecule has 2 N–H and O–H groups in total. The summed E-state index contributed by atoms with van der Waals surface area (Å²) in [5, 5.41) is 7.37. The molecule has 0 aliphatic heterocycles. The Labute approximate surface area is 168 Å². The first-order valence-corrected chi connectivity index (χ1v) is 9.19. The van der Waals surface area contributed by atoms with Crippen LogP contribution in [0, 0.1) is 18.6 Å². The third-order valence-corrected chi connectivity index (χ3v) is 4.74. The van der Waals surface area contributed by atoms with Crippen LogP contribution in [-0.2, 0) is 13.2 Å². The highest BCUT2D eigenvalue weighted by Crippen LogP contribution is 2.34. The molecule has 0 saturated carbocycles. The van der Waals surface area contributed by atoms with Crippen molar-refractivity contribution < 1.29 is 9.47 Å². The average Bonchev–Trinajstić information content (AvgIpc) is 2.98. The van der Waals surface area contributed by atoms with Gasteiger partial charge in [0.2, 0.25) is 4.77 Å². The molecule has 0 aliphatic rings. The molecule has 1 aromatic heterocycles. The van der Waals surface area contributed by atoms with Crippen LogP contribution in [0.25, 0.3) is 0 Å². The summed E-state index contributed by atoms with van der Waals surface area (Å²) in [6.07, 6.45) is 0. The van der Waals surface area contributed by atoms with E-state index < -0.39 is 0 Å². The molecule has 0 aliphatic carbocycles. The van der Waals surface area contributed by atoms with E-state index in [2.05, 4.69) is 34.7 Å². The monoisotopic (exact) mass is 404 g/mol. The van der Waals surface area contributed by atoms with Gasteiger partial charge >= 0.3 is 0 Å². The number of nitrogens with one attached hydrogen (secondary N) is 2. The van der Waals surface area contributed by atoms with Crippen LogP contribution in [0.5, 0.6) is 11.5 Å². The quantitative estimate of drug-likeness (QED) is 0.566. The highest BCUT2D eigenvalue weighted by molar-refractivity contribution is 7.71. The number of nitrogens with zero attached hydrogens (tertiary/aromatic N) is 2. The van der Waals surface area contributed by atoms with E-state index in [0.29, 0.717) is 34.4 Å². The summed E-state index contributed by atoms with van der Waals surface area (Å²) in [5.74, 6) is 1.96. The lowest BCUT2D eigenvalue weighted by molar-refractivity contribution is 0.284. The summed E-state index contributed by atoms with van der Waals surface area (Å²) in [7, 11) is 1.61. The first-order valence-electron chi connectivity index (χ1n) is 8.40. The molecule has 6 nitrogen and oxygen atoms in total. The SMILES string of the molecule is COc1cc(CNn2c(C)n[nH]c2=S)c(Cl)cc1OCc1ccc(C)cc1. The molecule has 0 bridgehead atoms. The molecular formula is C19H21ClN4O2S. The van der Waals surface area contributed by atoms with Crippen LogP contribution in [-0.4, -0.2) is 22.0 Å². The maximum absolute atomic E-state index is 6.45. The number of halogens is 1. The fourth-order valence-corrected chi connectivity index (χ4v) is 3.02. The average molecular weight is 405 g/mol. The first-order chi connectivity index (χ1) is 13.0. The Kier molecular flexibility index (Phi) is 6.03. The normalized spacial score (nSPS) is 10.7. The van der Waals surface area contributed by atoms with E-state index in [0.717, 1.165) is 17.0 Å². The van der Waals surface area contributed by atoms with Gasteiger partial charge < -0.3 is 14.9 Å². The molecule has 142 valence electrons. The van der Waals surface area contributed by atoms with E-state index in [-0.39, 0.29) is 0 Å². The van der Waals surface area contributed by atoms with E-state index in [4.69, 9.17) is 33.3 Å². The maximum atomic E-state index is 6.45. The van der Waals surface area contributed by atoms with E-state index in [1.807, 2.05) is 25.1 Å². The molecule has 2 aromatic carbocycles. The Morgan fingerprint density at radius 1 is 1.19 bits per heavy atom. The summed E-state index contributed by atoms with van der Waals surface area (Å²) in [6, 6.07) is 11.8. The van der Waals surface area contributed by atoms with Gasteiger partial charge in [-0.3, -0.25) is 5.10 Å². The van der Waals surface area contributed by atoms with Gasteiger partial charge in [-0.1, -0.05) is 41.4 Å². The van der Waals surface area contributed by atoms with Crippen LogP contribution in [0.1, 0.15) is 22.5 Å². The number of H-pyrrole nitrogens is 1. The Morgan fingerprint density at radius 2 is 1.93 bits per heavy atom. The van der Waals surface area contributed by atoms with Gasteiger partial charge in [0.1, 0.15) is 12.4 Å². The van der Waals surface area contributed by atoms with Gasteiger partial charge in [0, 0.05) is 11.1 Å². The van der Waals surface area contributed by atoms with Crippen LogP contribution < -0.4 is 14.9 Å². The maximum Gasteiger partial charge on any atom is 0.214 e. The van der Waals surface area contributed by atoms with Crippen molar-refractivity contribution in [2.45, 2.75) is 27.0 Å². The van der Waals surface area contributed by atoms with Gasteiger partial charge in [0.15, 0.2) is 11.5 Å². The minimum atomic E-state index is 0.438. The molecule has 27 heavy (non-hydrogen) atoms. The molecular weight excluding hydrogens is 384 g/mol. The van der Waals surface area contributed by atoms with E-state index in [1.54, 1.807) is 17.9 Å². The second-order valence-electron chi connectivity index (χ2n) is 6.12. The van der Waals surface area contributed by atoms with Crippen molar-refractivity contribution in [3.05, 3.63) is 68.7 Å². The van der Waals surface area contributed by atoms with Crippen molar-refractivity contribution in [3.8, 4) is 11.5 Å². The molecule has 0 unspecified atom stereocenters. The van der Waals surface area contributed by atoms with E-state index in [9.17, 15) is 0 Å². The summed E-state index contributed by atoms with van der Waals surface area (Å²) in [4.78, 5) is 0. The fraction of sp³-hybridized carbons (Fsp3) is 0.263. The van der Waals surface area contributed by atoms with Crippen LogP contribution in [0.15, 0.2) is 36.4 Å². The van der Waals surface area contributed by atoms with Crippen molar-refractivity contribution in [1.82, 2.24) is 14.9 Å². The Morgan fingerprint density at radius 3 is 2.56 bits per heavy atom. The minimum Gasteiger partial charge on any atom is -0.493 e. The first kappa shape index (κ1) is 19.3. The number of benzene rings is 2.